The van der Waals surface area contributed by atoms with Gasteiger partial charge >= 0.3 is 0 Å². The van der Waals surface area contributed by atoms with Crippen molar-refractivity contribution in [1.29, 1.82) is 0 Å². The number of benzene rings is 1. The SMILES string of the molecule is CCc1cccc(Oc2ncc(N)cc2Cl)c1. The zero-order chi connectivity index (χ0) is 12.3. The second-order valence-corrected chi connectivity index (χ2v) is 4.07. The molecule has 0 aliphatic rings. The summed E-state index contributed by atoms with van der Waals surface area (Å²) in [4.78, 5) is 4.05. The zero-order valence-corrected chi connectivity index (χ0v) is 10.2. The van der Waals surface area contributed by atoms with Crippen LogP contribution in [0.5, 0.6) is 11.6 Å². The molecule has 0 saturated heterocycles. The zero-order valence-electron chi connectivity index (χ0n) is 9.48. The summed E-state index contributed by atoms with van der Waals surface area (Å²) in [6.07, 6.45) is 2.48. The van der Waals surface area contributed by atoms with Crippen LogP contribution >= 0.6 is 11.6 Å². The molecule has 0 saturated carbocycles. The number of nitrogens with zero attached hydrogens (tertiary/aromatic N) is 1. The monoisotopic (exact) mass is 248 g/mol. The Hall–Kier alpha value is -1.74. The Bertz CT molecular complexity index is 529. The van der Waals surface area contributed by atoms with Gasteiger partial charge in [-0.25, -0.2) is 4.98 Å². The summed E-state index contributed by atoms with van der Waals surface area (Å²) in [5.41, 5.74) is 7.29. The molecule has 0 spiro atoms. The molecule has 2 N–H and O–H groups in total. The van der Waals surface area contributed by atoms with E-state index in [1.807, 2.05) is 24.3 Å². The molecule has 1 heterocycles. The van der Waals surface area contributed by atoms with Crippen molar-refractivity contribution in [2.75, 3.05) is 5.73 Å². The fourth-order valence-electron chi connectivity index (χ4n) is 1.46. The van der Waals surface area contributed by atoms with E-state index in [1.165, 1.54) is 11.8 Å². The number of halogens is 1. The molecule has 0 aliphatic carbocycles. The Morgan fingerprint density at radius 1 is 1.35 bits per heavy atom. The molecule has 3 nitrogen and oxygen atoms in total. The maximum absolute atomic E-state index is 5.99. The first-order chi connectivity index (χ1) is 8.19. The Balaban J connectivity index is 2.25. The highest BCUT2D eigenvalue weighted by atomic mass is 35.5. The van der Waals surface area contributed by atoms with Gasteiger partial charge in [-0.1, -0.05) is 30.7 Å². The van der Waals surface area contributed by atoms with Gasteiger partial charge in [0.1, 0.15) is 10.8 Å². The average Bonchev–Trinajstić information content (AvgIpc) is 2.33. The van der Waals surface area contributed by atoms with Gasteiger partial charge in [-0.15, -0.1) is 0 Å². The molecule has 2 aromatic rings. The molecule has 0 radical (unpaired) electrons. The van der Waals surface area contributed by atoms with E-state index in [1.54, 1.807) is 6.07 Å². The van der Waals surface area contributed by atoms with Crippen molar-refractivity contribution in [2.24, 2.45) is 0 Å². The Morgan fingerprint density at radius 3 is 2.88 bits per heavy atom. The number of pyridine rings is 1. The number of ether oxygens (including phenoxy) is 1. The summed E-state index contributed by atoms with van der Waals surface area (Å²) in [5, 5.41) is 0.409. The molecule has 17 heavy (non-hydrogen) atoms. The van der Waals surface area contributed by atoms with E-state index in [0.29, 0.717) is 16.6 Å². The average molecular weight is 249 g/mol. The van der Waals surface area contributed by atoms with Crippen LogP contribution in [-0.2, 0) is 6.42 Å². The third-order valence-electron chi connectivity index (χ3n) is 2.35. The molecule has 0 aliphatic heterocycles. The number of nitrogens with two attached hydrogens (primary N) is 1. The van der Waals surface area contributed by atoms with Crippen LogP contribution in [0, 0.1) is 0 Å². The summed E-state index contributed by atoms with van der Waals surface area (Å²) >= 11 is 5.99. The number of anilines is 1. The minimum absolute atomic E-state index is 0.370. The van der Waals surface area contributed by atoms with Gasteiger partial charge in [-0.05, 0) is 30.2 Å². The van der Waals surface area contributed by atoms with Crippen LogP contribution in [0.4, 0.5) is 5.69 Å². The Labute approximate surface area is 105 Å². The summed E-state index contributed by atoms with van der Waals surface area (Å²) in [5.74, 6) is 1.10. The van der Waals surface area contributed by atoms with E-state index in [-0.39, 0.29) is 0 Å². The van der Waals surface area contributed by atoms with E-state index in [4.69, 9.17) is 22.1 Å². The predicted octanol–water partition coefficient (Wildman–Crippen LogP) is 3.67. The van der Waals surface area contributed by atoms with E-state index in [2.05, 4.69) is 11.9 Å². The number of rotatable bonds is 3. The maximum atomic E-state index is 5.99. The third-order valence-corrected chi connectivity index (χ3v) is 2.62. The van der Waals surface area contributed by atoms with Gasteiger partial charge in [0.25, 0.3) is 0 Å². The first-order valence-corrected chi connectivity index (χ1v) is 5.74. The highest BCUT2D eigenvalue weighted by molar-refractivity contribution is 6.32. The molecule has 1 aromatic carbocycles. The van der Waals surface area contributed by atoms with Gasteiger partial charge in [0.2, 0.25) is 5.88 Å². The largest absolute Gasteiger partial charge is 0.438 e. The number of hydrogen-bond acceptors (Lipinski definition) is 3. The summed E-state index contributed by atoms with van der Waals surface area (Å²) in [6, 6.07) is 9.44. The van der Waals surface area contributed by atoms with Gasteiger partial charge < -0.3 is 10.5 Å². The van der Waals surface area contributed by atoms with Gasteiger partial charge in [0, 0.05) is 0 Å². The fourth-order valence-corrected chi connectivity index (χ4v) is 1.67. The Morgan fingerprint density at radius 2 is 2.18 bits per heavy atom. The molecule has 88 valence electrons. The van der Waals surface area contributed by atoms with Crippen molar-refractivity contribution >= 4 is 17.3 Å². The minimum Gasteiger partial charge on any atom is -0.438 e. The van der Waals surface area contributed by atoms with Crippen LogP contribution in [0.3, 0.4) is 0 Å². The van der Waals surface area contributed by atoms with Crippen LogP contribution in [0.2, 0.25) is 5.02 Å². The van der Waals surface area contributed by atoms with Crippen molar-refractivity contribution < 1.29 is 4.74 Å². The molecule has 0 unspecified atom stereocenters. The predicted molar refractivity (Wildman–Crippen MR) is 69.6 cm³/mol. The van der Waals surface area contributed by atoms with E-state index >= 15 is 0 Å². The van der Waals surface area contributed by atoms with Crippen molar-refractivity contribution in [2.45, 2.75) is 13.3 Å². The van der Waals surface area contributed by atoms with Gasteiger partial charge in [-0.3, -0.25) is 0 Å². The molecule has 1 aromatic heterocycles. The molecule has 2 rings (SSSR count). The second kappa shape index (κ2) is 5.06. The summed E-state index contributed by atoms with van der Waals surface area (Å²) in [7, 11) is 0. The lowest BCUT2D eigenvalue weighted by atomic mass is 10.2. The quantitative estimate of drug-likeness (QED) is 0.902. The van der Waals surface area contributed by atoms with Gasteiger partial charge in [0.15, 0.2) is 0 Å². The van der Waals surface area contributed by atoms with Gasteiger partial charge in [-0.2, -0.15) is 0 Å². The first kappa shape index (κ1) is 11.7. The first-order valence-electron chi connectivity index (χ1n) is 5.37. The number of aromatic nitrogens is 1. The molecule has 4 heteroatoms. The number of aryl methyl sites for hydroxylation is 1. The highest BCUT2D eigenvalue weighted by Gasteiger charge is 2.05. The maximum Gasteiger partial charge on any atom is 0.238 e. The van der Waals surface area contributed by atoms with Crippen molar-refractivity contribution in [3.63, 3.8) is 0 Å². The fraction of sp³-hybridized carbons (Fsp3) is 0.154. The van der Waals surface area contributed by atoms with E-state index in [0.717, 1.165) is 12.2 Å². The van der Waals surface area contributed by atoms with Crippen LogP contribution in [0.25, 0.3) is 0 Å². The van der Waals surface area contributed by atoms with Crippen LogP contribution < -0.4 is 10.5 Å². The van der Waals surface area contributed by atoms with Crippen LogP contribution in [0.1, 0.15) is 12.5 Å². The second-order valence-electron chi connectivity index (χ2n) is 3.66. The molecule has 0 bridgehead atoms. The van der Waals surface area contributed by atoms with Crippen molar-refractivity contribution in [1.82, 2.24) is 4.98 Å². The molecule has 0 amide bonds. The smallest absolute Gasteiger partial charge is 0.238 e. The normalized spacial score (nSPS) is 10.2. The van der Waals surface area contributed by atoms with Gasteiger partial charge in [0.05, 0.1) is 11.9 Å². The van der Waals surface area contributed by atoms with E-state index in [9.17, 15) is 0 Å². The Kier molecular flexibility index (Phi) is 3.49. The lowest BCUT2D eigenvalue weighted by Gasteiger charge is -2.07. The summed E-state index contributed by atoms with van der Waals surface area (Å²) < 4.78 is 5.61. The summed E-state index contributed by atoms with van der Waals surface area (Å²) in [6.45, 7) is 2.09. The molecule has 0 atom stereocenters. The number of hydrogen-bond donors (Lipinski definition) is 1. The standard InChI is InChI=1S/C13H13ClN2O/c1-2-9-4-3-5-11(6-9)17-13-12(14)7-10(15)8-16-13/h3-8H,2,15H2,1H3. The third kappa shape index (κ3) is 2.88. The topological polar surface area (TPSA) is 48.1 Å². The molecular weight excluding hydrogens is 236 g/mol. The van der Waals surface area contributed by atoms with Crippen molar-refractivity contribution in [3.05, 3.63) is 47.1 Å². The van der Waals surface area contributed by atoms with Crippen molar-refractivity contribution in [3.8, 4) is 11.6 Å². The highest BCUT2D eigenvalue weighted by Crippen LogP contribution is 2.28. The van der Waals surface area contributed by atoms with Crippen LogP contribution in [0.15, 0.2) is 36.5 Å². The minimum atomic E-state index is 0.370. The van der Waals surface area contributed by atoms with E-state index < -0.39 is 0 Å². The van der Waals surface area contributed by atoms with Crippen LogP contribution in [-0.4, -0.2) is 4.98 Å². The lowest BCUT2D eigenvalue weighted by Crippen LogP contribution is -1.92. The molecule has 0 fully saturated rings. The lowest BCUT2D eigenvalue weighted by molar-refractivity contribution is 0.463. The number of nitrogen functional groups attached to an aromatic ring is 1. The molecular formula is C13H13ClN2O.